The number of aromatic nitrogens is 1. The molecule has 29 heavy (non-hydrogen) atoms. The van der Waals surface area contributed by atoms with Gasteiger partial charge in [-0.25, -0.2) is 0 Å². The van der Waals surface area contributed by atoms with E-state index < -0.39 is 6.04 Å². The Morgan fingerprint density at radius 3 is 2.38 bits per heavy atom. The van der Waals surface area contributed by atoms with Crippen molar-refractivity contribution in [2.45, 2.75) is 19.4 Å². The van der Waals surface area contributed by atoms with Gasteiger partial charge in [-0.15, -0.1) is 0 Å². The zero-order chi connectivity index (χ0) is 20.6. The fourth-order valence-corrected chi connectivity index (χ4v) is 3.01. The maximum Gasteiger partial charge on any atom is 0.308 e. The van der Waals surface area contributed by atoms with Crippen molar-refractivity contribution in [3.05, 3.63) is 89.1 Å². The second kappa shape index (κ2) is 9.85. The quantitative estimate of drug-likeness (QED) is 0.569. The Morgan fingerprint density at radius 2 is 1.76 bits per heavy atom. The van der Waals surface area contributed by atoms with Gasteiger partial charge in [-0.1, -0.05) is 54.1 Å². The predicted octanol–water partition coefficient (Wildman–Crippen LogP) is 4.83. The van der Waals surface area contributed by atoms with Gasteiger partial charge in [0, 0.05) is 16.8 Å². The average Bonchev–Trinajstić information content (AvgIpc) is 2.75. The first kappa shape index (κ1) is 20.6. The van der Waals surface area contributed by atoms with E-state index in [0.29, 0.717) is 10.6 Å². The van der Waals surface area contributed by atoms with Crippen LogP contribution >= 0.6 is 11.6 Å². The van der Waals surface area contributed by atoms with Gasteiger partial charge in [0.25, 0.3) is 5.91 Å². The average molecular weight is 409 g/mol. The second-order valence-corrected chi connectivity index (χ2v) is 6.82. The molecule has 3 aromatic rings. The SMILES string of the molecule is CCOC(=O)CC(NC(=O)c1ccc(-c2ccccc2)nc1)c1ccc(Cl)cc1. The molecule has 1 atom stereocenters. The zero-order valence-corrected chi connectivity index (χ0v) is 16.7. The monoisotopic (exact) mass is 408 g/mol. The Hall–Kier alpha value is -3.18. The Labute approximate surface area is 174 Å². The Balaban J connectivity index is 1.76. The fourth-order valence-electron chi connectivity index (χ4n) is 2.88. The van der Waals surface area contributed by atoms with Crippen LogP contribution in [0.5, 0.6) is 0 Å². The van der Waals surface area contributed by atoms with Gasteiger partial charge in [-0.2, -0.15) is 0 Å². The van der Waals surface area contributed by atoms with Gasteiger partial charge in [0.15, 0.2) is 0 Å². The molecule has 0 saturated heterocycles. The molecular weight excluding hydrogens is 388 g/mol. The summed E-state index contributed by atoms with van der Waals surface area (Å²) in [4.78, 5) is 29.1. The Kier molecular flexibility index (Phi) is 6.98. The number of hydrogen-bond donors (Lipinski definition) is 1. The minimum atomic E-state index is -0.535. The largest absolute Gasteiger partial charge is 0.466 e. The summed E-state index contributed by atoms with van der Waals surface area (Å²) in [5.41, 5.74) is 2.93. The number of nitrogens with zero attached hydrogens (tertiary/aromatic N) is 1. The molecule has 0 aliphatic carbocycles. The number of nitrogens with one attached hydrogen (secondary N) is 1. The van der Waals surface area contributed by atoms with Gasteiger partial charge in [-0.3, -0.25) is 14.6 Å². The molecule has 0 radical (unpaired) electrons. The number of benzene rings is 2. The molecule has 1 aromatic heterocycles. The number of amides is 1. The van der Waals surface area contributed by atoms with Crippen LogP contribution in [0.25, 0.3) is 11.3 Å². The van der Waals surface area contributed by atoms with Crippen LogP contribution in [0, 0.1) is 0 Å². The first-order chi connectivity index (χ1) is 14.1. The molecule has 5 nitrogen and oxygen atoms in total. The molecule has 2 aromatic carbocycles. The highest BCUT2D eigenvalue weighted by Crippen LogP contribution is 2.21. The normalized spacial score (nSPS) is 11.5. The van der Waals surface area contributed by atoms with E-state index in [0.717, 1.165) is 16.8 Å². The van der Waals surface area contributed by atoms with E-state index in [2.05, 4.69) is 10.3 Å². The number of carbonyl (C=O) groups is 2. The van der Waals surface area contributed by atoms with Crippen molar-refractivity contribution in [2.24, 2.45) is 0 Å². The fraction of sp³-hybridized carbons (Fsp3) is 0.174. The van der Waals surface area contributed by atoms with Crippen LogP contribution < -0.4 is 5.32 Å². The van der Waals surface area contributed by atoms with E-state index in [9.17, 15) is 9.59 Å². The molecule has 0 aliphatic heterocycles. The highest BCUT2D eigenvalue weighted by atomic mass is 35.5. The minimum Gasteiger partial charge on any atom is -0.466 e. The molecular formula is C23H21ClN2O3. The lowest BCUT2D eigenvalue weighted by molar-refractivity contribution is -0.143. The molecule has 0 saturated carbocycles. The maximum atomic E-state index is 12.8. The summed E-state index contributed by atoms with van der Waals surface area (Å²) in [7, 11) is 0. The third-order valence-electron chi connectivity index (χ3n) is 4.35. The summed E-state index contributed by atoms with van der Waals surface area (Å²) in [6, 6.07) is 19.7. The summed E-state index contributed by atoms with van der Waals surface area (Å²) in [6.07, 6.45) is 1.55. The molecule has 148 valence electrons. The van der Waals surface area contributed by atoms with Crippen LogP contribution in [0.4, 0.5) is 0 Å². The maximum absolute atomic E-state index is 12.8. The lowest BCUT2D eigenvalue weighted by Gasteiger charge is -2.19. The molecule has 1 unspecified atom stereocenters. The summed E-state index contributed by atoms with van der Waals surface area (Å²) in [5, 5.41) is 3.47. The van der Waals surface area contributed by atoms with E-state index in [1.165, 1.54) is 6.20 Å². The van der Waals surface area contributed by atoms with Crippen molar-refractivity contribution in [3.8, 4) is 11.3 Å². The molecule has 0 spiro atoms. The number of pyridine rings is 1. The van der Waals surface area contributed by atoms with E-state index in [1.807, 2.05) is 30.3 Å². The van der Waals surface area contributed by atoms with Gasteiger partial charge >= 0.3 is 5.97 Å². The van der Waals surface area contributed by atoms with Crippen molar-refractivity contribution >= 4 is 23.5 Å². The zero-order valence-electron chi connectivity index (χ0n) is 16.0. The topological polar surface area (TPSA) is 68.3 Å². The van der Waals surface area contributed by atoms with Crippen molar-refractivity contribution < 1.29 is 14.3 Å². The lowest BCUT2D eigenvalue weighted by Crippen LogP contribution is -2.30. The number of halogens is 1. The molecule has 0 bridgehead atoms. The Bertz CT molecular complexity index is 958. The third kappa shape index (κ3) is 5.65. The molecule has 1 N–H and O–H groups in total. The third-order valence-corrected chi connectivity index (χ3v) is 4.60. The standard InChI is InChI=1S/C23H21ClN2O3/c1-2-29-22(27)14-21(17-8-11-19(24)12-9-17)26-23(28)18-10-13-20(25-15-18)16-6-4-3-5-7-16/h3-13,15,21H,2,14H2,1H3,(H,26,28). The van der Waals surface area contributed by atoms with Gasteiger partial charge in [0.1, 0.15) is 0 Å². The molecule has 1 heterocycles. The first-order valence-electron chi connectivity index (χ1n) is 9.30. The summed E-state index contributed by atoms with van der Waals surface area (Å²) in [6.45, 7) is 2.03. The predicted molar refractivity (Wildman–Crippen MR) is 113 cm³/mol. The van der Waals surface area contributed by atoms with Gasteiger partial charge < -0.3 is 10.1 Å². The number of esters is 1. The summed E-state index contributed by atoms with van der Waals surface area (Å²) >= 11 is 5.95. The van der Waals surface area contributed by atoms with Gasteiger partial charge in [0.05, 0.1) is 30.3 Å². The van der Waals surface area contributed by atoms with E-state index >= 15 is 0 Å². The van der Waals surface area contributed by atoms with Crippen LogP contribution in [-0.4, -0.2) is 23.5 Å². The number of hydrogen-bond acceptors (Lipinski definition) is 4. The second-order valence-electron chi connectivity index (χ2n) is 6.38. The number of rotatable bonds is 7. The Morgan fingerprint density at radius 1 is 1.03 bits per heavy atom. The number of ether oxygens (including phenoxy) is 1. The van der Waals surface area contributed by atoms with Crippen molar-refractivity contribution in [3.63, 3.8) is 0 Å². The van der Waals surface area contributed by atoms with Crippen LogP contribution in [0.15, 0.2) is 72.9 Å². The highest BCUT2D eigenvalue weighted by molar-refractivity contribution is 6.30. The summed E-state index contributed by atoms with van der Waals surface area (Å²) in [5.74, 6) is -0.702. The van der Waals surface area contributed by atoms with Crippen LogP contribution in [0.3, 0.4) is 0 Å². The number of carbonyl (C=O) groups excluding carboxylic acids is 2. The minimum absolute atomic E-state index is 0.0245. The highest BCUT2D eigenvalue weighted by Gasteiger charge is 2.20. The van der Waals surface area contributed by atoms with Crippen molar-refractivity contribution in [1.82, 2.24) is 10.3 Å². The van der Waals surface area contributed by atoms with E-state index in [-0.39, 0.29) is 24.9 Å². The summed E-state index contributed by atoms with van der Waals surface area (Å²) < 4.78 is 5.04. The van der Waals surface area contributed by atoms with Crippen molar-refractivity contribution in [2.75, 3.05) is 6.61 Å². The van der Waals surface area contributed by atoms with Crippen LogP contribution in [0.1, 0.15) is 35.3 Å². The molecule has 0 aliphatic rings. The molecule has 0 fully saturated rings. The molecule has 1 amide bonds. The van der Waals surface area contributed by atoms with Crippen molar-refractivity contribution in [1.29, 1.82) is 0 Å². The molecule has 3 rings (SSSR count). The van der Waals surface area contributed by atoms with Crippen LogP contribution in [-0.2, 0) is 9.53 Å². The van der Waals surface area contributed by atoms with Gasteiger partial charge in [0.2, 0.25) is 0 Å². The smallest absolute Gasteiger partial charge is 0.308 e. The van der Waals surface area contributed by atoms with Crippen LogP contribution in [0.2, 0.25) is 5.02 Å². The van der Waals surface area contributed by atoms with Gasteiger partial charge in [-0.05, 0) is 36.8 Å². The van der Waals surface area contributed by atoms with E-state index in [4.69, 9.17) is 16.3 Å². The molecule has 6 heteroatoms. The lowest BCUT2D eigenvalue weighted by atomic mass is 10.0. The van der Waals surface area contributed by atoms with E-state index in [1.54, 1.807) is 43.3 Å². The first-order valence-corrected chi connectivity index (χ1v) is 9.68.